The van der Waals surface area contributed by atoms with Crippen LogP contribution in [0.3, 0.4) is 0 Å². The van der Waals surface area contributed by atoms with Crippen LogP contribution < -0.4 is 0 Å². The summed E-state index contributed by atoms with van der Waals surface area (Å²) in [6.45, 7) is 0. The Morgan fingerprint density at radius 2 is 1.00 bits per heavy atom. The third-order valence-corrected chi connectivity index (χ3v) is 7.22. The summed E-state index contributed by atoms with van der Waals surface area (Å²) < 4.78 is 24.4. The van der Waals surface area contributed by atoms with Gasteiger partial charge in [0.1, 0.15) is 0 Å². The summed E-state index contributed by atoms with van der Waals surface area (Å²) in [5.74, 6) is -0.419. The van der Waals surface area contributed by atoms with Crippen molar-refractivity contribution < 1.29 is 18.3 Å². The van der Waals surface area contributed by atoms with Crippen molar-refractivity contribution in [1.29, 1.82) is 0 Å². The van der Waals surface area contributed by atoms with Gasteiger partial charge in [-0.3, -0.25) is 4.79 Å². The molecule has 1 aromatic rings. The first-order chi connectivity index (χ1) is 14.0. The van der Waals surface area contributed by atoms with Crippen LogP contribution in [-0.4, -0.2) is 25.2 Å². The van der Waals surface area contributed by atoms with Crippen LogP contribution in [0.2, 0.25) is 0 Å². The van der Waals surface area contributed by atoms with Gasteiger partial charge in [-0.05, 0) is 25.0 Å². The van der Waals surface area contributed by atoms with E-state index in [9.17, 15) is 13.2 Å². The maximum atomic E-state index is 12.2. The molecule has 166 valence electrons. The molecular weight excluding hydrogens is 384 g/mol. The summed E-state index contributed by atoms with van der Waals surface area (Å²) in [6, 6.07) is 8.75. The quantitative estimate of drug-likeness (QED) is 0.248. The van der Waals surface area contributed by atoms with Crippen LogP contribution in [-0.2, 0) is 14.6 Å². The smallest absolute Gasteiger partial charge is 0.303 e. The molecule has 0 atom stereocenters. The zero-order valence-corrected chi connectivity index (χ0v) is 18.8. The highest BCUT2D eigenvalue weighted by molar-refractivity contribution is 7.91. The van der Waals surface area contributed by atoms with E-state index in [2.05, 4.69) is 0 Å². The molecule has 5 heteroatoms. The topological polar surface area (TPSA) is 71.4 Å². The average Bonchev–Trinajstić information content (AvgIpc) is 2.70. The Balaban J connectivity index is 1.82. The van der Waals surface area contributed by atoms with E-state index in [1.165, 1.54) is 64.2 Å². The van der Waals surface area contributed by atoms with Gasteiger partial charge in [-0.15, -0.1) is 0 Å². The minimum Gasteiger partial charge on any atom is -0.481 e. The number of carboxylic acid groups (broad SMARTS) is 1. The first-order valence-electron chi connectivity index (χ1n) is 11.5. The Morgan fingerprint density at radius 3 is 1.41 bits per heavy atom. The van der Waals surface area contributed by atoms with Crippen molar-refractivity contribution in [2.45, 2.75) is 108 Å². The molecule has 1 rings (SSSR count). The minimum atomic E-state index is -3.11. The maximum absolute atomic E-state index is 12.2. The van der Waals surface area contributed by atoms with E-state index >= 15 is 0 Å². The van der Waals surface area contributed by atoms with E-state index in [0.717, 1.165) is 32.1 Å². The molecule has 0 aliphatic rings. The van der Waals surface area contributed by atoms with Gasteiger partial charge in [-0.1, -0.05) is 102 Å². The maximum Gasteiger partial charge on any atom is 0.303 e. The molecule has 29 heavy (non-hydrogen) atoms. The van der Waals surface area contributed by atoms with Gasteiger partial charge in [-0.2, -0.15) is 0 Å². The lowest BCUT2D eigenvalue weighted by Crippen LogP contribution is -2.06. The van der Waals surface area contributed by atoms with Crippen LogP contribution in [0.1, 0.15) is 103 Å². The Hall–Kier alpha value is -1.36. The van der Waals surface area contributed by atoms with E-state index in [1.54, 1.807) is 24.3 Å². The van der Waals surface area contributed by atoms with Gasteiger partial charge in [0, 0.05) is 6.42 Å². The number of unbranched alkanes of at least 4 members (excludes halogenated alkanes) is 14. The molecule has 0 saturated carbocycles. The molecule has 0 amide bonds. The Kier molecular flexibility index (Phi) is 14.6. The van der Waals surface area contributed by atoms with Crippen LogP contribution in [0.15, 0.2) is 35.2 Å². The second-order valence-electron chi connectivity index (χ2n) is 8.08. The van der Waals surface area contributed by atoms with Crippen molar-refractivity contribution in [2.24, 2.45) is 0 Å². The number of carbonyl (C=O) groups is 1. The average molecular weight is 425 g/mol. The summed E-state index contributed by atoms with van der Waals surface area (Å²) in [4.78, 5) is 10.9. The highest BCUT2D eigenvalue weighted by Gasteiger charge is 2.12. The molecule has 0 aliphatic carbocycles. The number of carboxylic acids is 1. The van der Waals surface area contributed by atoms with Gasteiger partial charge in [0.15, 0.2) is 9.84 Å². The number of benzene rings is 1. The zero-order valence-electron chi connectivity index (χ0n) is 18.0. The van der Waals surface area contributed by atoms with E-state index in [4.69, 9.17) is 5.11 Å². The standard InChI is InChI=1S/C24H40O4S/c25-24(26)21-17-12-10-8-6-4-2-1-3-5-7-9-11-13-18-22-29(27,28)23-19-15-14-16-20-23/h14-16,19-20H,1-13,17-18,21-22H2,(H,25,26). The molecule has 0 heterocycles. The van der Waals surface area contributed by atoms with Crippen molar-refractivity contribution in [3.8, 4) is 0 Å². The van der Waals surface area contributed by atoms with Crippen molar-refractivity contribution >= 4 is 15.8 Å². The normalized spacial score (nSPS) is 11.6. The van der Waals surface area contributed by atoms with Crippen LogP contribution >= 0.6 is 0 Å². The second kappa shape index (κ2) is 16.4. The van der Waals surface area contributed by atoms with Gasteiger partial charge in [0.05, 0.1) is 10.6 Å². The third kappa shape index (κ3) is 14.3. The van der Waals surface area contributed by atoms with Gasteiger partial charge in [0.2, 0.25) is 0 Å². The fourth-order valence-corrected chi connectivity index (χ4v) is 5.00. The van der Waals surface area contributed by atoms with E-state index in [-0.39, 0.29) is 5.75 Å². The number of rotatable bonds is 19. The predicted molar refractivity (Wildman–Crippen MR) is 120 cm³/mol. The molecule has 0 unspecified atom stereocenters. The molecule has 1 aromatic carbocycles. The molecule has 0 aromatic heterocycles. The van der Waals surface area contributed by atoms with E-state index in [1.807, 2.05) is 6.07 Å². The molecule has 4 nitrogen and oxygen atoms in total. The van der Waals surface area contributed by atoms with Gasteiger partial charge in [-0.25, -0.2) is 8.42 Å². The summed E-state index contributed by atoms with van der Waals surface area (Å²) in [7, 11) is -3.11. The SMILES string of the molecule is O=C(O)CCCCCCCCCCCCCCCCCS(=O)(=O)c1ccccc1. The summed E-state index contributed by atoms with van der Waals surface area (Å²) in [5, 5.41) is 8.58. The second-order valence-corrected chi connectivity index (χ2v) is 10.2. The van der Waals surface area contributed by atoms with Crippen LogP contribution in [0.5, 0.6) is 0 Å². The molecule has 0 saturated heterocycles. The van der Waals surface area contributed by atoms with Crippen molar-refractivity contribution in [3.05, 3.63) is 30.3 Å². The molecule has 0 bridgehead atoms. The summed E-state index contributed by atoms with van der Waals surface area (Å²) in [6.07, 6.45) is 17.7. The van der Waals surface area contributed by atoms with Crippen molar-refractivity contribution in [3.63, 3.8) is 0 Å². The number of aliphatic carboxylic acids is 1. The van der Waals surface area contributed by atoms with Gasteiger partial charge >= 0.3 is 5.97 Å². The summed E-state index contributed by atoms with van der Waals surface area (Å²) in [5.41, 5.74) is 0. The fourth-order valence-electron chi connectivity index (χ4n) is 3.61. The lowest BCUT2D eigenvalue weighted by atomic mass is 10.0. The lowest BCUT2D eigenvalue weighted by molar-refractivity contribution is -0.137. The molecule has 0 spiro atoms. The van der Waals surface area contributed by atoms with Gasteiger partial charge < -0.3 is 5.11 Å². The predicted octanol–water partition coefficient (Wildman–Crippen LogP) is 6.79. The lowest BCUT2D eigenvalue weighted by Gasteiger charge is -2.05. The first kappa shape index (κ1) is 25.7. The number of hydrogen-bond acceptors (Lipinski definition) is 3. The summed E-state index contributed by atoms with van der Waals surface area (Å²) >= 11 is 0. The van der Waals surface area contributed by atoms with E-state index < -0.39 is 15.8 Å². The third-order valence-electron chi connectivity index (χ3n) is 5.41. The van der Waals surface area contributed by atoms with Crippen LogP contribution in [0.25, 0.3) is 0 Å². The fraction of sp³-hybridized carbons (Fsp3) is 0.708. The zero-order chi connectivity index (χ0) is 21.2. The Morgan fingerprint density at radius 1 is 0.621 bits per heavy atom. The minimum absolute atomic E-state index is 0.260. The van der Waals surface area contributed by atoms with E-state index in [0.29, 0.717) is 11.3 Å². The molecule has 0 aliphatic heterocycles. The Labute approximate surface area is 178 Å². The monoisotopic (exact) mass is 424 g/mol. The van der Waals surface area contributed by atoms with Crippen molar-refractivity contribution in [1.82, 2.24) is 0 Å². The largest absolute Gasteiger partial charge is 0.481 e. The highest BCUT2D eigenvalue weighted by atomic mass is 32.2. The number of sulfone groups is 1. The van der Waals surface area contributed by atoms with Crippen molar-refractivity contribution in [2.75, 3.05) is 5.75 Å². The first-order valence-corrected chi connectivity index (χ1v) is 13.2. The highest BCUT2D eigenvalue weighted by Crippen LogP contribution is 2.15. The van der Waals surface area contributed by atoms with Gasteiger partial charge in [0.25, 0.3) is 0 Å². The molecule has 1 N–H and O–H groups in total. The molecule has 0 radical (unpaired) electrons. The molecular formula is C24H40O4S. The van der Waals surface area contributed by atoms with Crippen LogP contribution in [0.4, 0.5) is 0 Å². The molecule has 0 fully saturated rings. The number of hydrogen-bond donors (Lipinski definition) is 1. The Bertz CT molecular complexity index is 626. The van der Waals surface area contributed by atoms with Crippen LogP contribution in [0, 0.1) is 0 Å².